The third-order valence-corrected chi connectivity index (χ3v) is 9.87. The van der Waals surface area contributed by atoms with E-state index in [9.17, 15) is 24.2 Å². The third kappa shape index (κ3) is 39.5. The predicted octanol–water partition coefficient (Wildman–Crippen LogP) is 11.2. The summed E-state index contributed by atoms with van der Waals surface area (Å²) in [5, 5.41) is 12.7. The summed E-state index contributed by atoms with van der Waals surface area (Å²) in [6.07, 6.45) is 39.6. The molecule has 51 heavy (non-hydrogen) atoms. The number of phosphoric acid groups is 1. The minimum atomic E-state index is -4.41. The molecule has 0 aromatic rings. The zero-order chi connectivity index (χ0) is 37.5. The number of rotatable bonds is 39. The van der Waals surface area contributed by atoms with Gasteiger partial charge in [0.05, 0.1) is 13.2 Å². The quantitative estimate of drug-likeness (QED) is 0.0245. The number of aliphatic hydroxyl groups excluding tert-OH is 1. The highest BCUT2D eigenvalue weighted by atomic mass is 31.2. The summed E-state index contributed by atoms with van der Waals surface area (Å²) < 4.78 is 26.8. The van der Waals surface area contributed by atoms with Gasteiger partial charge in [-0.15, -0.1) is 0 Å². The molecule has 0 spiro atoms. The summed E-state index contributed by atoms with van der Waals surface area (Å²) in [5.74, 6) is -0.521. The van der Waals surface area contributed by atoms with Crippen LogP contribution in [-0.2, 0) is 27.9 Å². The van der Waals surface area contributed by atoms with Crippen molar-refractivity contribution in [2.75, 3.05) is 26.4 Å². The molecule has 0 bridgehead atoms. The standard InChI is InChI=1S/C41H78NO8P/c1-3-5-7-9-11-13-15-17-18-19-20-21-22-24-26-28-30-32-34-41(45)48-37-39(43)38-50-51(46,47)49-36-35-42-40(44)33-31-29-27-25-23-16-14-12-10-8-6-4-2/h13,15,18-19,39,43H,3-12,14,16-17,20-38H2,1-2H3,(H,42,44)(H,46,47)/b15-13-,19-18-. The van der Waals surface area contributed by atoms with Gasteiger partial charge in [0.1, 0.15) is 12.7 Å². The molecule has 2 unspecified atom stereocenters. The lowest BCUT2D eigenvalue weighted by atomic mass is 10.0. The van der Waals surface area contributed by atoms with Crippen LogP contribution in [0.2, 0.25) is 0 Å². The van der Waals surface area contributed by atoms with Crippen molar-refractivity contribution in [1.82, 2.24) is 5.32 Å². The first-order chi connectivity index (χ1) is 24.8. The Morgan fingerprint density at radius 2 is 1.06 bits per heavy atom. The fourth-order valence-electron chi connectivity index (χ4n) is 5.70. The molecule has 0 aromatic carbocycles. The number of hydrogen-bond acceptors (Lipinski definition) is 7. The molecule has 0 aliphatic rings. The van der Waals surface area contributed by atoms with Crippen LogP contribution >= 0.6 is 7.82 Å². The Hall–Kier alpha value is -1.51. The molecule has 0 radical (unpaired) electrons. The van der Waals surface area contributed by atoms with Gasteiger partial charge in [-0.1, -0.05) is 160 Å². The molecule has 3 N–H and O–H groups in total. The average molecular weight is 744 g/mol. The minimum Gasteiger partial charge on any atom is -0.463 e. The van der Waals surface area contributed by atoms with Gasteiger partial charge >= 0.3 is 13.8 Å². The summed E-state index contributed by atoms with van der Waals surface area (Å²) in [5.41, 5.74) is 0. The Morgan fingerprint density at radius 1 is 0.608 bits per heavy atom. The Balaban J connectivity index is 3.61. The van der Waals surface area contributed by atoms with Crippen molar-refractivity contribution in [2.24, 2.45) is 0 Å². The van der Waals surface area contributed by atoms with Crippen molar-refractivity contribution in [3.8, 4) is 0 Å². The maximum atomic E-state index is 12.1. The number of esters is 1. The van der Waals surface area contributed by atoms with Gasteiger partial charge in [-0.25, -0.2) is 4.57 Å². The smallest absolute Gasteiger partial charge is 0.463 e. The molecular formula is C41H78NO8P. The SMILES string of the molecule is CCCCCC/C=C\C/C=C\CCCCCCCCCC(=O)OCC(O)COP(=O)(O)OCCNC(=O)CCCCCCCCCCCCCC. The van der Waals surface area contributed by atoms with Crippen LogP contribution in [-0.4, -0.2) is 54.3 Å². The summed E-state index contributed by atoms with van der Waals surface area (Å²) in [7, 11) is -4.41. The molecule has 0 rings (SSSR count). The van der Waals surface area contributed by atoms with Gasteiger partial charge < -0.3 is 20.1 Å². The van der Waals surface area contributed by atoms with Crippen LogP contribution in [0.3, 0.4) is 0 Å². The molecule has 0 aliphatic heterocycles. The Bertz CT molecular complexity index is 897. The fraction of sp³-hybridized carbons (Fsp3) is 0.854. The van der Waals surface area contributed by atoms with Crippen molar-refractivity contribution in [2.45, 2.75) is 200 Å². The fourth-order valence-corrected chi connectivity index (χ4v) is 6.46. The van der Waals surface area contributed by atoms with Crippen molar-refractivity contribution in [3.63, 3.8) is 0 Å². The number of carbonyl (C=O) groups excluding carboxylic acids is 2. The molecule has 0 fully saturated rings. The number of hydrogen-bond donors (Lipinski definition) is 3. The summed E-state index contributed by atoms with van der Waals surface area (Å²) >= 11 is 0. The van der Waals surface area contributed by atoms with Gasteiger partial charge in [0.25, 0.3) is 0 Å². The van der Waals surface area contributed by atoms with Crippen molar-refractivity contribution >= 4 is 19.7 Å². The maximum Gasteiger partial charge on any atom is 0.472 e. The van der Waals surface area contributed by atoms with E-state index in [0.717, 1.165) is 57.8 Å². The van der Waals surface area contributed by atoms with E-state index in [0.29, 0.717) is 6.42 Å². The first kappa shape index (κ1) is 49.5. The van der Waals surface area contributed by atoms with Crippen LogP contribution in [0.25, 0.3) is 0 Å². The van der Waals surface area contributed by atoms with E-state index in [1.54, 1.807) is 0 Å². The number of nitrogens with one attached hydrogen (secondary N) is 1. The van der Waals surface area contributed by atoms with Crippen LogP contribution in [0.1, 0.15) is 194 Å². The lowest BCUT2D eigenvalue weighted by Crippen LogP contribution is -2.27. The molecule has 0 saturated carbocycles. The van der Waals surface area contributed by atoms with Crippen LogP contribution in [0.4, 0.5) is 0 Å². The van der Waals surface area contributed by atoms with E-state index in [4.69, 9.17) is 13.8 Å². The molecule has 0 saturated heterocycles. The molecule has 10 heteroatoms. The maximum absolute atomic E-state index is 12.1. The van der Waals surface area contributed by atoms with Gasteiger partial charge in [0.15, 0.2) is 0 Å². The second kappa shape index (κ2) is 38.2. The predicted molar refractivity (Wildman–Crippen MR) is 211 cm³/mol. The number of carbonyl (C=O) groups is 2. The van der Waals surface area contributed by atoms with E-state index in [1.807, 2.05) is 0 Å². The van der Waals surface area contributed by atoms with E-state index in [2.05, 4.69) is 43.5 Å². The Labute approximate surface area is 312 Å². The first-order valence-corrected chi connectivity index (χ1v) is 22.3. The van der Waals surface area contributed by atoms with E-state index in [-0.39, 0.29) is 32.1 Å². The van der Waals surface area contributed by atoms with Crippen molar-refractivity contribution in [3.05, 3.63) is 24.3 Å². The van der Waals surface area contributed by atoms with Gasteiger partial charge in [-0.05, 0) is 44.9 Å². The highest BCUT2D eigenvalue weighted by Crippen LogP contribution is 2.42. The minimum absolute atomic E-state index is 0.0837. The topological polar surface area (TPSA) is 131 Å². The zero-order valence-corrected chi connectivity index (χ0v) is 33.7. The zero-order valence-electron chi connectivity index (χ0n) is 32.8. The number of allylic oxidation sites excluding steroid dienone is 4. The Morgan fingerprint density at radius 3 is 1.59 bits per heavy atom. The normalized spacial score (nSPS) is 13.6. The van der Waals surface area contributed by atoms with E-state index >= 15 is 0 Å². The molecule has 1 amide bonds. The number of ether oxygens (including phenoxy) is 1. The van der Waals surface area contributed by atoms with Crippen LogP contribution in [0.5, 0.6) is 0 Å². The highest BCUT2D eigenvalue weighted by Gasteiger charge is 2.23. The molecular weight excluding hydrogens is 665 g/mol. The Kier molecular flexibility index (Phi) is 37.1. The van der Waals surface area contributed by atoms with E-state index < -0.39 is 26.5 Å². The molecule has 9 nitrogen and oxygen atoms in total. The molecule has 0 heterocycles. The average Bonchev–Trinajstić information content (AvgIpc) is 3.11. The van der Waals surface area contributed by atoms with Crippen LogP contribution in [0.15, 0.2) is 24.3 Å². The molecule has 0 aromatic heterocycles. The molecule has 300 valence electrons. The van der Waals surface area contributed by atoms with E-state index in [1.165, 1.54) is 109 Å². The van der Waals surface area contributed by atoms with Crippen molar-refractivity contribution < 1.29 is 37.9 Å². The summed E-state index contributed by atoms with van der Waals surface area (Å²) in [6.45, 7) is 3.53. The second-order valence-corrected chi connectivity index (χ2v) is 15.4. The summed E-state index contributed by atoms with van der Waals surface area (Å²) in [6, 6.07) is 0. The van der Waals surface area contributed by atoms with Gasteiger partial charge in [-0.3, -0.25) is 18.6 Å². The van der Waals surface area contributed by atoms with Crippen LogP contribution in [0, 0.1) is 0 Å². The number of unbranched alkanes of at least 4 members (excludes halogenated alkanes) is 22. The number of phosphoric ester groups is 1. The first-order valence-electron chi connectivity index (χ1n) is 20.8. The van der Waals surface area contributed by atoms with Gasteiger partial charge in [0, 0.05) is 19.4 Å². The molecule has 0 aliphatic carbocycles. The van der Waals surface area contributed by atoms with Crippen LogP contribution < -0.4 is 5.32 Å². The van der Waals surface area contributed by atoms with Crippen molar-refractivity contribution in [1.29, 1.82) is 0 Å². The molecule has 2 atom stereocenters. The summed E-state index contributed by atoms with van der Waals surface area (Å²) in [4.78, 5) is 33.8. The largest absolute Gasteiger partial charge is 0.472 e. The second-order valence-electron chi connectivity index (χ2n) is 14.0. The number of amides is 1. The van der Waals surface area contributed by atoms with Gasteiger partial charge in [0.2, 0.25) is 5.91 Å². The van der Waals surface area contributed by atoms with Gasteiger partial charge in [-0.2, -0.15) is 0 Å². The lowest BCUT2D eigenvalue weighted by molar-refractivity contribution is -0.147. The monoisotopic (exact) mass is 744 g/mol. The lowest BCUT2D eigenvalue weighted by Gasteiger charge is -2.15. The third-order valence-electron chi connectivity index (χ3n) is 8.88. The highest BCUT2D eigenvalue weighted by molar-refractivity contribution is 7.47. The number of aliphatic hydroxyl groups is 1.